The molecule has 0 aromatic heterocycles. The van der Waals surface area contributed by atoms with Gasteiger partial charge in [-0.3, -0.25) is 4.79 Å². The van der Waals surface area contributed by atoms with Gasteiger partial charge in [0, 0.05) is 12.2 Å². The first-order valence-electron chi connectivity index (χ1n) is 6.03. The summed E-state index contributed by atoms with van der Waals surface area (Å²) in [5.41, 5.74) is 6.03. The second-order valence-corrected chi connectivity index (χ2v) is 4.31. The summed E-state index contributed by atoms with van der Waals surface area (Å²) in [5.74, 6) is -1.76. The molecule has 0 bridgehead atoms. The van der Waals surface area contributed by atoms with Crippen LogP contribution in [-0.2, 0) is 4.79 Å². The Labute approximate surface area is 111 Å². The van der Waals surface area contributed by atoms with Gasteiger partial charge in [0.25, 0.3) is 0 Å². The molecule has 0 radical (unpaired) electrons. The van der Waals surface area contributed by atoms with E-state index in [1.807, 2.05) is 0 Å². The van der Waals surface area contributed by atoms with Gasteiger partial charge < -0.3 is 21.3 Å². The molecule has 19 heavy (non-hydrogen) atoms. The van der Waals surface area contributed by atoms with Gasteiger partial charge in [-0.2, -0.15) is 0 Å². The van der Waals surface area contributed by atoms with E-state index in [1.165, 1.54) is 12.1 Å². The molecule has 1 aromatic rings. The Kier molecular flexibility index (Phi) is 5.81. The quantitative estimate of drug-likeness (QED) is 0.595. The van der Waals surface area contributed by atoms with Crippen LogP contribution in [0, 0.1) is 5.92 Å². The number of carboxylic acid groups (broad SMARTS) is 2. The maximum absolute atomic E-state index is 10.3. The van der Waals surface area contributed by atoms with E-state index in [0.717, 1.165) is 19.4 Å². The third kappa shape index (κ3) is 5.39. The Morgan fingerprint density at radius 1 is 1.32 bits per heavy atom. The van der Waals surface area contributed by atoms with Crippen LogP contribution in [0.4, 0.5) is 5.69 Å². The predicted octanol–water partition coefficient (Wildman–Crippen LogP) is 1.04. The number of nitrogens with two attached hydrogens (primary N) is 1. The molecule has 1 saturated heterocycles. The van der Waals surface area contributed by atoms with Crippen molar-refractivity contribution in [3.63, 3.8) is 0 Å². The van der Waals surface area contributed by atoms with Gasteiger partial charge >= 0.3 is 11.9 Å². The highest BCUT2D eigenvalue weighted by Crippen LogP contribution is 2.08. The molecule has 0 amide bonds. The highest BCUT2D eigenvalue weighted by Gasteiger charge is 2.18. The molecule has 1 atom stereocenters. The van der Waals surface area contributed by atoms with E-state index < -0.39 is 11.9 Å². The van der Waals surface area contributed by atoms with Crippen molar-refractivity contribution >= 4 is 17.6 Å². The van der Waals surface area contributed by atoms with Crippen molar-refractivity contribution in [2.24, 2.45) is 5.92 Å². The number of rotatable bonds is 2. The SMILES string of the molecule is Nc1cccc(C(=O)O)c1.O=C(O)C1CCCNC1. The van der Waals surface area contributed by atoms with E-state index in [1.54, 1.807) is 12.1 Å². The number of carboxylic acids is 2. The molecule has 6 nitrogen and oxygen atoms in total. The third-order valence-corrected chi connectivity index (χ3v) is 2.78. The number of carbonyl (C=O) groups is 2. The maximum Gasteiger partial charge on any atom is 0.335 e. The average Bonchev–Trinajstić information content (AvgIpc) is 2.40. The van der Waals surface area contributed by atoms with Crippen molar-refractivity contribution in [3.8, 4) is 0 Å². The molecule has 5 N–H and O–H groups in total. The average molecular weight is 266 g/mol. The third-order valence-electron chi connectivity index (χ3n) is 2.78. The van der Waals surface area contributed by atoms with E-state index in [4.69, 9.17) is 15.9 Å². The normalized spacial score (nSPS) is 18.0. The molecule has 1 fully saturated rings. The second kappa shape index (κ2) is 7.38. The topological polar surface area (TPSA) is 113 Å². The van der Waals surface area contributed by atoms with Crippen molar-refractivity contribution in [3.05, 3.63) is 29.8 Å². The predicted molar refractivity (Wildman–Crippen MR) is 71.0 cm³/mol. The summed E-state index contributed by atoms with van der Waals surface area (Å²) in [7, 11) is 0. The summed E-state index contributed by atoms with van der Waals surface area (Å²) in [6.45, 7) is 1.62. The summed E-state index contributed by atoms with van der Waals surface area (Å²) < 4.78 is 0. The molecular weight excluding hydrogens is 248 g/mol. The number of aromatic carboxylic acids is 1. The largest absolute Gasteiger partial charge is 0.481 e. The molecule has 1 aromatic carbocycles. The number of anilines is 1. The fourth-order valence-electron chi connectivity index (χ4n) is 1.73. The summed E-state index contributed by atoms with van der Waals surface area (Å²) >= 11 is 0. The summed E-state index contributed by atoms with van der Waals surface area (Å²) in [4.78, 5) is 20.6. The lowest BCUT2D eigenvalue weighted by molar-refractivity contribution is -0.142. The molecule has 2 rings (SSSR count). The minimum atomic E-state index is -0.952. The summed E-state index contributed by atoms with van der Waals surface area (Å²) in [6, 6.07) is 6.17. The van der Waals surface area contributed by atoms with Gasteiger partial charge in [0.15, 0.2) is 0 Å². The molecule has 1 heterocycles. The van der Waals surface area contributed by atoms with Crippen LogP contribution in [0.25, 0.3) is 0 Å². The van der Waals surface area contributed by atoms with E-state index in [-0.39, 0.29) is 11.5 Å². The minimum Gasteiger partial charge on any atom is -0.481 e. The Morgan fingerprint density at radius 3 is 2.42 bits per heavy atom. The van der Waals surface area contributed by atoms with E-state index in [0.29, 0.717) is 12.2 Å². The van der Waals surface area contributed by atoms with Crippen LogP contribution in [0.2, 0.25) is 0 Å². The van der Waals surface area contributed by atoms with Gasteiger partial charge in [-0.25, -0.2) is 4.79 Å². The second-order valence-electron chi connectivity index (χ2n) is 4.31. The van der Waals surface area contributed by atoms with Crippen LogP contribution >= 0.6 is 0 Å². The van der Waals surface area contributed by atoms with Gasteiger partial charge in [-0.05, 0) is 37.6 Å². The van der Waals surface area contributed by atoms with E-state index in [9.17, 15) is 9.59 Å². The van der Waals surface area contributed by atoms with E-state index >= 15 is 0 Å². The molecule has 0 spiro atoms. The molecule has 104 valence electrons. The van der Waals surface area contributed by atoms with Crippen LogP contribution < -0.4 is 11.1 Å². The smallest absolute Gasteiger partial charge is 0.335 e. The van der Waals surface area contributed by atoms with Crippen LogP contribution in [0.5, 0.6) is 0 Å². The van der Waals surface area contributed by atoms with Crippen molar-refractivity contribution in [2.45, 2.75) is 12.8 Å². The monoisotopic (exact) mass is 266 g/mol. The lowest BCUT2D eigenvalue weighted by Crippen LogP contribution is -2.34. The van der Waals surface area contributed by atoms with Crippen LogP contribution in [0.3, 0.4) is 0 Å². The highest BCUT2D eigenvalue weighted by atomic mass is 16.4. The van der Waals surface area contributed by atoms with Crippen molar-refractivity contribution in [1.29, 1.82) is 0 Å². The first kappa shape index (κ1) is 15.0. The first-order valence-corrected chi connectivity index (χ1v) is 6.03. The van der Waals surface area contributed by atoms with Crippen LogP contribution in [0.1, 0.15) is 23.2 Å². The van der Waals surface area contributed by atoms with E-state index in [2.05, 4.69) is 5.32 Å². The van der Waals surface area contributed by atoms with Crippen molar-refractivity contribution in [2.75, 3.05) is 18.8 Å². The molecular formula is C13H18N2O4. The van der Waals surface area contributed by atoms with Gasteiger partial charge in [0.1, 0.15) is 0 Å². The number of hydrogen-bond donors (Lipinski definition) is 4. The lowest BCUT2D eigenvalue weighted by atomic mass is 10.0. The Morgan fingerprint density at radius 2 is 2.05 bits per heavy atom. The molecule has 1 aliphatic heterocycles. The van der Waals surface area contributed by atoms with Crippen LogP contribution in [-0.4, -0.2) is 35.2 Å². The minimum absolute atomic E-state index is 0.140. The molecule has 0 saturated carbocycles. The number of hydrogen-bond acceptors (Lipinski definition) is 4. The van der Waals surface area contributed by atoms with Gasteiger partial charge in [-0.1, -0.05) is 6.07 Å². The standard InChI is InChI=1S/C7H7NO2.C6H11NO2/c8-6-3-1-2-5(4-6)7(9)10;8-6(9)5-2-1-3-7-4-5/h1-4H,8H2,(H,9,10);5,7H,1-4H2,(H,8,9). The molecule has 6 heteroatoms. The molecule has 0 aliphatic carbocycles. The Hall–Kier alpha value is -2.08. The number of aliphatic carboxylic acids is 1. The van der Waals surface area contributed by atoms with Crippen LogP contribution in [0.15, 0.2) is 24.3 Å². The fourth-order valence-corrected chi connectivity index (χ4v) is 1.73. The van der Waals surface area contributed by atoms with Gasteiger partial charge in [-0.15, -0.1) is 0 Å². The molecule has 1 unspecified atom stereocenters. The lowest BCUT2D eigenvalue weighted by Gasteiger charge is -2.18. The molecule has 1 aliphatic rings. The maximum atomic E-state index is 10.3. The van der Waals surface area contributed by atoms with Crippen molar-refractivity contribution < 1.29 is 19.8 Å². The zero-order valence-electron chi connectivity index (χ0n) is 10.5. The zero-order chi connectivity index (χ0) is 14.3. The first-order chi connectivity index (χ1) is 9.00. The number of nitrogen functional groups attached to an aromatic ring is 1. The van der Waals surface area contributed by atoms with Gasteiger partial charge in [0.2, 0.25) is 0 Å². The highest BCUT2D eigenvalue weighted by molar-refractivity contribution is 5.88. The van der Waals surface area contributed by atoms with Gasteiger partial charge in [0.05, 0.1) is 11.5 Å². The fraction of sp³-hybridized carbons (Fsp3) is 0.385. The zero-order valence-corrected chi connectivity index (χ0v) is 10.5. The number of nitrogens with one attached hydrogen (secondary N) is 1. The summed E-state index contributed by atoms with van der Waals surface area (Å²) in [5, 5.41) is 20.0. The number of piperidine rings is 1. The Bertz CT molecular complexity index is 442. The summed E-state index contributed by atoms with van der Waals surface area (Å²) in [6.07, 6.45) is 1.83. The number of benzene rings is 1. The Balaban J connectivity index is 0.000000191. The van der Waals surface area contributed by atoms with Crippen molar-refractivity contribution in [1.82, 2.24) is 5.32 Å².